The fourth-order valence-electron chi connectivity index (χ4n) is 4.66. The van der Waals surface area contributed by atoms with Crippen molar-refractivity contribution in [2.24, 2.45) is 11.8 Å². The van der Waals surface area contributed by atoms with Crippen LogP contribution in [0, 0.1) is 19.3 Å². The Bertz CT molecular complexity index is 625. The van der Waals surface area contributed by atoms with Gasteiger partial charge in [-0.05, 0) is 42.9 Å². The first-order valence-corrected chi connectivity index (χ1v) is 12.1. The molecule has 2 aliphatic rings. The van der Waals surface area contributed by atoms with Crippen molar-refractivity contribution in [2.75, 3.05) is 0 Å². The Morgan fingerprint density at radius 3 is 1.66 bits per heavy atom. The second kappa shape index (κ2) is 14.1. The molecule has 0 amide bonds. The first-order valence-electron chi connectivity index (χ1n) is 10.7. The largest absolute Gasteiger partial charge is 0.358 e. The second-order valence-corrected chi connectivity index (χ2v) is 10.3. The molecule has 0 aliphatic heterocycles. The van der Waals surface area contributed by atoms with Crippen LogP contribution in [0.2, 0.25) is 0 Å². The van der Waals surface area contributed by atoms with Crippen LogP contribution in [0.3, 0.4) is 0 Å². The van der Waals surface area contributed by atoms with Gasteiger partial charge in [0.2, 0.25) is 0 Å². The molecule has 160 valence electrons. The summed E-state index contributed by atoms with van der Waals surface area (Å²) in [7, 11) is -0.461. The van der Waals surface area contributed by atoms with E-state index in [1.165, 1.54) is 61.8 Å². The van der Waals surface area contributed by atoms with E-state index in [4.69, 9.17) is 0 Å². The number of rotatable bonds is 5. The third-order valence-electron chi connectivity index (χ3n) is 6.15. The molecule has 4 rings (SSSR count). The molecule has 0 aromatic heterocycles. The molecule has 0 bridgehead atoms. The SMILES string of the molecule is C1CCCC1.CCC1CCC(P(c2ccccc2)c2ccccc2)C1C=O.[CH3-].[Fe]. The van der Waals surface area contributed by atoms with E-state index < -0.39 is 7.92 Å². The number of hydrogen-bond donors (Lipinski definition) is 0. The molecule has 3 heteroatoms. The summed E-state index contributed by atoms with van der Waals surface area (Å²) in [4.78, 5) is 11.8. The number of benzene rings is 2. The Balaban J connectivity index is 0.000000527. The van der Waals surface area contributed by atoms with Crippen LogP contribution in [0.4, 0.5) is 0 Å². The van der Waals surface area contributed by atoms with Gasteiger partial charge in [0, 0.05) is 23.0 Å². The zero-order valence-electron chi connectivity index (χ0n) is 17.9. The van der Waals surface area contributed by atoms with Crippen molar-refractivity contribution < 1.29 is 21.9 Å². The minimum absolute atomic E-state index is 0. The van der Waals surface area contributed by atoms with Gasteiger partial charge in [0.15, 0.2) is 0 Å². The maximum absolute atomic E-state index is 11.8. The smallest absolute Gasteiger partial charge is 0.123 e. The molecule has 29 heavy (non-hydrogen) atoms. The molecule has 2 fully saturated rings. The van der Waals surface area contributed by atoms with Crippen molar-refractivity contribution in [1.29, 1.82) is 0 Å². The summed E-state index contributed by atoms with van der Waals surface area (Å²) in [6.45, 7) is 2.22. The van der Waals surface area contributed by atoms with Crippen molar-refractivity contribution >= 4 is 24.8 Å². The Morgan fingerprint density at radius 2 is 1.28 bits per heavy atom. The fraction of sp³-hybridized carbons (Fsp3) is 0.462. The molecule has 0 spiro atoms. The van der Waals surface area contributed by atoms with Crippen LogP contribution in [0.25, 0.3) is 0 Å². The monoisotopic (exact) mass is 451 g/mol. The van der Waals surface area contributed by atoms with E-state index in [9.17, 15) is 4.79 Å². The third-order valence-corrected chi connectivity index (χ3v) is 9.13. The maximum atomic E-state index is 11.8. The van der Waals surface area contributed by atoms with Crippen LogP contribution in [0.5, 0.6) is 0 Å². The molecule has 3 unspecified atom stereocenters. The van der Waals surface area contributed by atoms with Gasteiger partial charge in [0.05, 0.1) is 0 Å². The molecule has 2 saturated carbocycles. The zero-order valence-corrected chi connectivity index (χ0v) is 19.9. The summed E-state index contributed by atoms with van der Waals surface area (Å²) in [5, 5.41) is 2.80. The van der Waals surface area contributed by atoms with Gasteiger partial charge in [-0.1, -0.05) is 106 Å². The van der Waals surface area contributed by atoms with Crippen LogP contribution in [-0.4, -0.2) is 11.9 Å². The average molecular weight is 451 g/mol. The number of aldehydes is 1. The number of hydrogen-bond acceptors (Lipinski definition) is 1. The zero-order chi connectivity index (χ0) is 18.9. The number of carbonyl (C=O) groups excluding carboxylic acids is 1. The van der Waals surface area contributed by atoms with Crippen molar-refractivity contribution in [3.8, 4) is 0 Å². The molecule has 2 aromatic rings. The van der Waals surface area contributed by atoms with Crippen LogP contribution >= 0.6 is 7.92 Å². The molecule has 0 radical (unpaired) electrons. The summed E-state index contributed by atoms with van der Waals surface area (Å²) < 4.78 is 0. The van der Waals surface area contributed by atoms with Crippen LogP contribution in [-0.2, 0) is 21.9 Å². The van der Waals surface area contributed by atoms with Gasteiger partial charge in [-0.3, -0.25) is 0 Å². The Hall–Kier alpha value is -0.941. The normalized spacial score (nSPS) is 22.8. The summed E-state index contributed by atoms with van der Waals surface area (Å²) in [6.07, 6.45) is 12.2. The minimum atomic E-state index is -0.461. The van der Waals surface area contributed by atoms with E-state index in [0.29, 0.717) is 11.6 Å². The van der Waals surface area contributed by atoms with Gasteiger partial charge in [0.1, 0.15) is 6.29 Å². The van der Waals surface area contributed by atoms with Gasteiger partial charge in [-0.2, -0.15) is 0 Å². The van der Waals surface area contributed by atoms with Gasteiger partial charge in [-0.15, -0.1) is 0 Å². The molecule has 2 aromatic carbocycles. The summed E-state index contributed by atoms with van der Waals surface area (Å²) in [6, 6.07) is 21.6. The van der Waals surface area contributed by atoms with Crippen LogP contribution < -0.4 is 10.6 Å². The minimum Gasteiger partial charge on any atom is -0.358 e. The molecule has 3 atom stereocenters. The first kappa shape index (κ1) is 26.1. The predicted octanol–water partition coefficient (Wildman–Crippen LogP) is 6.52. The van der Waals surface area contributed by atoms with Gasteiger partial charge in [0.25, 0.3) is 0 Å². The standard InChI is InChI=1S/C20H23OP.C5H10.CH3.Fe/c1-2-16-13-14-20(19(16)15-21)22(17-9-5-3-6-10-17)18-11-7-4-8-12-18;1-2-4-5-3-1;;/h3-12,15-16,19-20H,2,13-14H2,1H3;1-5H2;1H3;/q;;-1;. The van der Waals surface area contributed by atoms with Crippen molar-refractivity contribution in [2.45, 2.75) is 63.9 Å². The Labute approximate surface area is 190 Å². The Kier molecular flexibility index (Phi) is 12.7. The fourth-order valence-corrected chi connectivity index (χ4v) is 7.77. The first-order chi connectivity index (χ1) is 13.3. The molecular weight excluding hydrogens is 415 g/mol. The topological polar surface area (TPSA) is 17.1 Å². The quantitative estimate of drug-likeness (QED) is 0.219. The van der Waals surface area contributed by atoms with E-state index in [1.54, 1.807) is 0 Å². The summed E-state index contributed by atoms with van der Waals surface area (Å²) in [5.41, 5.74) is 0.488. The van der Waals surface area contributed by atoms with Crippen LogP contribution in [0.15, 0.2) is 60.7 Å². The predicted molar refractivity (Wildman–Crippen MR) is 125 cm³/mol. The Morgan fingerprint density at radius 1 is 0.828 bits per heavy atom. The maximum Gasteiger partial charge on any atom is 0.123 e. The summed E-state index contributed by atoms with van der Waals surface area (Å²) >= 11 is 0. The van der Waals surface area contributed by atoms with Gasteiger partial charge < -0.3 is 12.2 Å². The molecule has 0 heterocycles. The van der Waals surface area contributed by atoms with Crippen molar-refractivity contribution in [3.05, 3.63) is 68.1 Å². The van der Waals surface area contributed by atoms with E-state index in [1.807, 2.05) is 0 Å². The molecule has 0 N–H and O–H groups in total. The molecule has 0 saturated heterocycles. The van der Waals surface area contributed by atoms with E-state index in [2.05, 4.69) is 67.6 Å². The molecule has 1 nitrogen and oxygen atoms in total. The van der Waals surface area contributed by atoms with E-state index >= 15 is 0 Å². The number of carbonyl (C=O) groups is 1. The van der Waals surface area contributed by atoms with Crippen molar-refractivity contribution in [3.63, 3.8) is 0 Å². The van der Waals surface area contributed by atoms with E-state index in [0.717, 1.165) is 6.42 Å². The van der Waals surface area contributed by atoms with Crippen molar-refractivity contribution in [1.82, 2.24) is 0 Å². The van der Waals surface area contributed by atoms with Gasteiger partial charge >= 0.3 is 0 Å². The van der Waals surface area contributed by atoms with Crippen LogP contribution in [0.1, 0.15) is 58.3 Å². The average Bonchev–Trinajstić information content (AvgIpc) is 3.43. The second-order valence-electron chi connectivity index (χ2n) is 7.84. The van der Waals surface area contributed by atoms with E-state index in [-0.39, 0.29) is 30.4 Å². The third kappa shape index (κ3) is 7.06. The molecular formula is C26H36FeOP-. The summed E-state index contributed by atoms with van der Waals surface area (Å²) in [5.74, 6) is 0.788. The molecule has 2 aliphatic carbocycles. The van der Waals surface area contributed by atoms with Gasteiger partial charge in [-0.25, -0.2) is 0 Å².